The van der Waals surface area contributed by atoms with Crippen LogP contribution in [-0.2, 0) is 0 Å². The lowest BCUT2D eigenvalue weighted by atomic mass is 10.0. The summed E-state index contributed by atoms with van der Waals surface area (Å²) < 4.78 is 33.7. The van der Waals surface area contributed by atoms with E-state index in [1.165, 1.54) is 18.2 Å². The van der Waals surface area contributed by atoms with Gasteiger partial charge < -0.3 is 4.74 Å². The molecule has 0 aliphatic rings. The summed E-state index contributed by atoms with van der Waals surface area (Å²) in [6.07, 6.45) is 3.37. The summed E-state index contributed by atoms with van der Waals surface area (Å²) in [5.74, 6) is 6.10. The highest BCUT2D eigenvalue weighted by Crippen LogP contribution is 2.24. The number of hydrogen-bond acceptors (Lipinski definition) is 1. The minimum atomic E-state index is -0.363. The van der Waals surface area contributed by atoms with Crippen molar-refractivity contribution in [3.05, 3.63) is 102 Å². The van der Waals surface area contributed by atoms with E-state index in [0.717, 1.165) is 52.5 Å². The van der Waals surface area contributed by atoms with Crippen molar-refractivity contribution in [1.29, 1.82) is 0 Å². The molecule has 0 aliphatic heterocycles. The molecule has 3 heteroatoms. The van der Waals surface area contributed by atoms with Gasteiger partial charge in [0.2, 0.25) is 0 Å². The van der Waals surface area contributed by atoms with Gasteiger partial charge >= 0.3 is 0 Å². The van der Waals surface area contributed by atoms with Crippen LogP contribution in [-0.4, -0.2) is 6.61 Å². The average molecular weight is 427 g/mol. The quantitative estimate of drug-likeness (QED) is 0.226. The van der Waals surface area contributed by atoms with Crippen molar-refractivity contribution in [2.24, 2.45) is 0 Å². The predicted molar refractivity (Wildman–Crippen MR) is 127 cm³/mol. The van der Waals surface area contributed by atoms with Gasteiger partial charge in [0, 0.05) is 5.56 Å². The minimum Gasteiger partial charge on any atom is -0.494 e. The molecule has 4 aromatic rings. The predicted octanol–water partition coefficient (Wildman–Crippen LogP) is 7.75. The third-order valence-corrected chi connectivity index (χ3v) is 5.32. The third kappa shape index (κ3) is 5.34. The summed E-state index contributed by atoms with van der Waals surface area (Å²) in [5, 5.41) is 1.70. The molecule has 32 heavy (non-hydrogen) atoms. The molecule has 1 nitrogen and oxygen atoms in total. The van der Waals surface area contributed by atoms with E-state index in [1.807, 2.05) is 48.5 Å². The van der Waals surface area contributed by atoms with E-state index in [1.54, 1.807) is 12.1 Å². The van der Waals surface area contributed by atoms with E-state index in [-0.39, 0.29) is 11.6 Å². The highest BCUT2D eigenvalue weighted by molar-refractivity contribution is 5.84. The Morgan fingerprint density at radius 3 is 2.25 bits per heavy atom. The number of ether oxygens (including phenoxy) is 1. The molecule has 4 aromatic carbocycles. The highest BCUT2D eigenvalue weighted by Gasteiger charge is 2.05. The van der Waals surface area contributed by atoms with E-state index in [4.69, 9.17) is 4.74 Å². The first-order chi connectivity index (χ1) is 15.6. The lowest BCUT2D eigenvalue weighted by Crippen LogP contribution is -1.96. The molecule has 0 fully saturated rings. The first-order valence-electron chi connectivity index (χ1n) is 10.9. The lowest BCUT2D eigenvalue weighted by molar-refractivity contribution is 0.306. The molecular weight excluding hydrogens is 402 g/mol. The molecule has 160 valence electrons. The van der Waals surface area contributed by atoms with Crippen molar-refractivity contribution in [2.45, 2.75) is 26.2 Å². The first kappa shape index (κ1) is 21.6. The number of rotatable bonds is 6. The van der Waals surface area contributed by atoms with Crippen molar-refractivity contribution in [3.63, 3.8) is 0 Å². The zero-order valence-electron chi connectivity index (χ0n) is 18.0. The fourth-order valence-electron chi connectivity index (χ4n) is 3.52. The molecule has 0 heterocycles. The maximum absolute atomic E-state index is 14.7. The normalized spacial score (nSPS) is 10.6. The van der Waals surface area contributed by atoms with Crippen LogP contribution in [0.25, 0.3) is 21.9 Å². The summed E-state index contributed by atoms with van der Waals surface area (Å²) in [7, 11) is 0. The van der Waals surface area contributed by atoms with Crippen molar-refractivity contribution >= 4 is 10.8 Å². The number of fused-ring (bicyclic) bond motifs is 1. The van der Waals surface area contributed by atoms with E-state index >= 15 is 0 Å². The number of halogens is 2. The van der Waals surface area contributed by atoms with Gasteiger partial charge in [0.25, 0.3) is 0 Å². The molecule has 0 amide bonds. The van der Waals surface area contributed by atoms with E-state index in [2.05, 4.69) is 18.8 Å². The van der Waals surface area contributed by atoms with Crippen LogP contribution in [0.2, 0.25) is 0 Å². The van der Waals surface area contributed by atoms with Crippen LogP contribution < -0.4 is 4.74 Å². The Balaban J connectivity index is 1.48. The second kappa shape index (κ2) is 10.1. The van der Waals surface area contributed by atoms with Crippen LogP contribution in [0.3, 0.4) is 0 Å². The number of hydrogen-bond donors (Lipinski definition) is 0. The Bertz CT molecular complexity index is 1280. The molecule has 0 saturated carbocycles. The Morgan fingerprint density at radius 2 is 1.47 bits per heavy atom. The first-order valence-corrected chi connectivity index (χ1v) is 10.9. The Hall–Kier alpha value is -3.64. The lowest BCUT2D eigenvalue weighted by Gasteiger charge is -2.07. The van der Waals surface area contributed by atoms with Gasteiger partial charge in [0.05, 0.1) is 12.2 Å². The van der Waals surface area contributed by atoms with Crippen molar-refractivity contribution in [3.8, 4) is 28.7 Å². The molecule has 0 saturated heterocycles. The second-order valence-corrected chi connectivity index (χ2v) is 7.73. The van der Waals surface area contributed by atoms with Crippen molar-refractivity contribution in [2.75, 3.05) is 6.61 Å². The van der Waals surface area contributed by atoms with Gasteiger partial charge in [-0.1, -0.05) is 61.9 Å². The zero-order valence-corrected chi connectivity index (χ0v) is 18.0. The summed E-state index contributed by atoms with van der Waals surface area (Å²) in [6.45, 7) is 2.88. The molecule has 0 unspecified atom stereocenters. The Kier molecular flexibility index (Phi) is 6.82. The average Bonchev–Trinajstić information content (AvgIpc) is 2.81. The van der Waals surface area contributed by atoms with Gasteiger partial charge in [0.15, 0.2) is 0 Å². The van der Waals surface area contributed by atoms with Crippen LogP contribution in [0.1, 0.15) is 37.3 Å². The molecule has 0 aliphatic carbocycles. The van der Waals surface area contributed by atoms with Crippen LogP contribution in [0.15, 0.2) is 78.9 Å². The van der Waals surface area contributed by atoms with Crippen LogP contribution >= 0.6 is 0 Å². The number of unbranched alkanes of at least 4 members (excludes halogenated alkanes) is 2. The monoisotopic (exact) mass is 426 g/mol. The largest absolute Gasteiger partial charge is 0.494 e. The fraction of sp³-hybridized carbons (Fsp3) is 0.172. The van der Waals surface area contributed by atoms with Gasteiger partial charge in [-0.25, -0.2) is 8.78 Å². The zero-order chi connectivity index (χ0) is 22.3. The van der Waals surface area contributed by atoms with Gasteiger partial charge in [-0.3, -0.25) is 0 Å². The summed E-state index contributed by atoms with van der Waals surface area (Å²) in [5.41, 5.74) is 2.80. The Labute approximate surface area is 187 Å². The summed E-state index contributed by atoms with van der Waals surface area (Å²) in [4.78, 5) is 0. The van der Waals surface area contributed by atoms with E-state index < -0.39 is 0 Å². The molecule has 0 atom stereocenters. The molecule has 0 N–H and O–H groups in total. The fourth-order valence-corrected chi connectivity index (χ4v) is 3.52. The standard InChI is InChI=1S/C29H24F2O/c1-2-3-4-17-32-28-15-12-22(13-16-28)26-10-9-23(29(31)20-26)7-5-21-6-8-25-19-27(30)14-11-24(25)18-21/h6,8-16,18-20H,2-4,17H2,1H3. The van der Waals surface area contributed by atoms with Crippen molar-refractivity contribution < 1.29 is 13.5 Å². The third-order valence-electron chi connectivity index (χ3n) is 5.32. The van der Waals surface area contributed by atoms with Gasteiger partial charge in [0.1, 0.15) is 17.4 Å². The molecule has 0 spiro atoms. The minimum absolute atomic E-state index is 0.271. The van der Waals surface area contributed by atoms with Gasteiger partial charge in [-0.05, 0) is 76.9 Å². The topological polar surface area (TPSA) is 9.23 Å². The van der Waals surface area contributed by atoms with Crippen molar-refractivity contribution in [1.82, 2.24) is 0 Å². The van der Waals surface area contributed by atoms with Crippen LogP contribution in [0.5, 0.6) is 5.75 Å². The number of benzene rings is 4. The van der Waals surface area contributed by atoms with Crippen LogP contribution in [0.4, 0.5) is 8.78 Å². The SMILES string of the molecule is CCCCCOc1ccc(-c2ccc(C#Cc3ccc4cc(F)ccc4c3)c(F)c2)cc1. The maximum atomic E-state index is 14.7. The summed E-state index contributed by atoms with van der Waals surface area (Å²) in [6, 6.07) is 22.9. The maximum Gasteiger partial charge on any atom is 0.139 e. The smallest absolute Gasteiger partial charge is 0.139 e. The molecule has 4 rings (SSSR count). The molecule has 0 bridgehead atoms. The summed E-state index contributed by atoms with van der Waals surface area (Å²) >= 11 is 0. The van der Waals surface area contributed by atoms with Gasteiger partial charge in [-0.2, -0.15) is 0 Å². The molecular formula is C29H24F2O. The Morgan fingerprint density at radius 1 is 0.719 bits per heavy atom. The molecule has 0 aromatic heterocycles. The second-order valence-electron chi connectivity index (χ2n) is 7.73. The van der Waals surface area contributed by atoms with E-state index in [9.17, 15) is 8.78 Å². The highest BCUT2D eigenvalue weighted by atomic mass is 19.1. The molecule has 0 radical (unpaired) electrons. The van der Waals surface area contributed by atoms with Gasteiger partial charge in [-0.15, -0.1) is 0 Å². The van der Waals surface area contributed by atoms with Crippen LogP contribution in [0, 0.1) is 23.5 Å². The van der Waals surface area contributed by atoms with E-state index in [0.29, 0.717) is 12.2 Å².